The quantitative estimate of drug-likeness (QED) is 0.769. The molecule has 0 unspecified atom stereocenters. The third-order valence-electron chi connectivity index (χ3n) is 3.11. The first kappa shape index (κ1) is 11.9. The number of nitrogens with zero attached hydrogens (tertiary/aromatic N) is 1. The summed E-state index contributed by atoms with van der Waals surface area (Å²) in [5.74, 6) is -0.0582. The predicted molar refractivity (Wildman–Crippen MR) is 66.7 cm³/mol. The number of benzene rings is 1. The van der Waals surface area contributed by atoms with Crippen molar-refractivity contribution in [2.75, 3.05) is 18.9 Å². The minimum Gasteiger partial charge on any atom is -0.398 e. The zero-order chi connectivity index (χ0) is 12.4. The largest absolute Gasteiger partial charge is 0.398 e. The van der Waals surface area contributed by atoms with Crippen LogP contribution < -0.4 is 5.73 Å². The van der Waals surface area contributed by atoms with Crippen molar-refractivity contribution in [1.82, 2.24) is 4.90 Å². The molecule has 4 nitrogen and oxygen atoms in total. The number of hydrogen-bond acceptors (Lipinski definition) is 3. The van der Waals surface area contributed by atoms with E-state index in [1.807, 2.05) is 19.1 Å². The normalized spacial score (nSPS) is 14.7. The summed E-state index contributed by atoms with van der Waals surface area (Å²) in [5.41, 5.74) is 7.84. The lowest BCUT2D eigenvalue weighted by Crippen LogP contribution is -2.36. The molecule has 1 aliphatic rings. The average molecular weight is 234 g/mol. The molecule has 17 heavy (non-hydrogen) atoms. The van der Waals surface area contributed by atoms with Crippen molar-refractivity contribution >= 4 is 11.6 Å². The zero-order valence-corrected chi connectivity index (χ0v) is 10.0. The molecule has 0 heterocycles. The molecule has 0 radical (unpaired) electrons. The first-order valence-electron chi connectivity index (χ1n) is 5.92. The van der Waals surface area contributed by atoms with Gasteiger partial charge < -0.3 is 15.7 Å². The van der Waals surface area contributed by atoms with Gasteiger partial charge in [-0.15, -0.1) is 0 Å². The number of nitrogen functional groups attached to an aromatic ring is 1. The fourth-order valence-corrected chi connectivity index (χ4v) is 2.07. The number of anilines is 1. The van der Waals surface area contributed by atoms with Gasteiger partial charge in [-0.25, -0.2) is 0 Å². The zero-order valence-electron chi connectivity index (χ0n) is 10.0. The van der Waals surface area contributed by atoms with Crippen molar-refractivity contribution in [3.8, 4) is 0 Å². The number of carbonyl (C=O) groups is 1. The minimum absolute atomic E-state index is 0.00593. The van der Waals surface area contributed by atoms with Crippen LogP contribution in [-0.4, -0.2) is 35.1 Å². The highest BCUT2D eigenvalue weighted by Crippen LogP contribution is 2.29. The van der Waals surface area contributed by atoms with Gasteiger partial charge in [-0.05, 0) is 31.4 Å². The second-order valence-electron chi connectivity index (χ2n) is 4.49. The summed E-state index contributed by atoms with van der Waals surface area (Å²) in [7, 11) is 0. The Hall–Kier alpha value is -1.55. The molecular weight excluding hydrogens is 216 g/mol. The van der Waals surface area contributed by atoms with Crippen molar-refractivity contribution in [1.29, 1.82) is 0 Å². The van der Waals surface area contributed by atoms with E-state index in [9.17, 15) is 4.79 Å². The lowest BCUT2D eigenvalue weighted by atomic mass is 10.1. The van der Waals surface area contributed by atoms with Crippen LogP contribution in [0.5, 0.6) is 0 Å². The Labute approximate surface area is 101 Å². The number of aryl methyl sites for hydroxylation is 1. The molecule has 0 saturated heterocycles. The number of carbonyl (C=O) groups excluding carboxylic acids is 1. The summed E-state index contributed by atoms with van der Waals surface area (Å²) in [5, 5.41) is 9.02. The van der Waals surface area contributed by atoms with Gasteiger partial charge in [0.1, 0.15) is 0 Å². The highest BCUT2D eigenvalue weighted by Gasteiger charge is 2.33. The molecule has 0 aliphatic heterocycles. The minimum atomic E-state index is -0.0582. The lowest BCUT2D eigenvalue weighted by Gasteiger charge is -2.23. The van der Waals surface area contributed by atoms with Gasteiger partial charge in [-0.3, -0.25) is 4.79 Å². The number of nitrogens with two attached hydrogens (primary N) is 1. The molecule has 1 aromatic rings. The third-order valence-corrected chi connectivity index (χ3v) is 3.11. The maximum absolute atomic E-state index is 12.4. The Morgan fingerprint density at radius 2 is 2.24 bits per heavy atom. The number of aliphatic hydroxyl groups excluding tert-OH is 1. The third kappa shape index (κ3) is 2.42. The lowest BCUT2D eigenvalue weighted by molar-refractivity contribution is 0.0708. The molecular formula is C13H18N2O2. The van der Waals surface area contributed by atoms with Crippen molar-refractivity contribution in [2.45, 2.75) is 25.8 Å². The summed E-state index contributed by atoms with van der Waals surface area (Å²) >= 11 is 0. The maximum atomic E-state index is 12.4. The van der Waals surface area contributed by atoms with Crippen LogP contribution in [0.2, 0.25) is 0 Å². The van der Waals surface area contributed by atoms with E-state index in [2.05, 4.69) is 0 Å². The van der Waals surface area contributed by atoms with Gasteiger partial charge in [-0.1, -0.05) is 12.1 Å². The Kier molecular flexibility index (Phi) is 3.33. The van der Waals surface area contributed by atoms with Crippen molar-refractivity contribution in [3.05, 3.63) is 29.3 Å². The number of rotatable bonds is 4. The molecule has 1 aliphatic carbocycles. The number of aliphatic hydroxyl groups is 1. The number of amides is 1. The summed E-state index contributed by atoms with van der Waals surface area (Å²) in [6.45, 7) is 2.26. The van der Waals surface area contributed by atoms with Crippen LogP contribution in [0.3, 0.4) is 0 Å². The Morgan fingerprint density at radius 3 is 2.76 bits per heavy atom. The predicted octanol–water partition coefficient (Wildman–Crippen LogP) is 1.17. The van der Waals surface area contributed by atoms with Gasteiger partial charge in [-0.2, -0.15) is 0 Å². The molecule has 0 aromatic heterocycles. The van der Waals surface area contributed by atoms with E-state index < -0.39 is 0 Å². The molecule has 4 heteroatoms. The van der Waals surface area contributed by atoms with Gasteiger partial charge in [0, 0.05) is 18.3 Å². The first-order chi connectivity index (χ1) is 8.15. The Bertz CT molecular complexity index is 407. The van der Waals surface area contributed by atoms with Crippen molar-refractivity contribution < 1.29 is 9.90 Å². The smallest absolute Gasteiger partial charge is 0.256 e. The van der Waals surface area contributed by atoms with Crippen LogP contribution in [0.1, 0.15) is 28.8 Å². The summed E-state index contributed by atoms with van der Waals surface area (Å²) < 4.78 is 0. The molecule has 1 aromatic carbocycles. The molecule has 0 spiro atoms. The molecule has 3 N–H and O–H groups in total. The van der Waals surface area contributed by atoms with E-state index in [0.29, 0.717) is 17.8 Å². The summed E-state index contributed by atoms with van der Waals surface area (Å²) in [6.07, 6.45) is 2.05. The van der Waals surface area contributed by atoms with E-state index in [0.717, 1.165) is 18.4 Å². The first-order valence-corrected chi connectivity index (χ1v) is 5.92. The summed E-state index contributed by atoms with van der Waals surface area (Å²) in [4.78, 5) is 14.1. The van der Waals surface area contributed by atoms with E-state index in [-0.39, 0.29) is 18.6 Å². The van der Waals surface area contributed by atoms with Crippen molar-refractivity contribution in [2.24, 2.45) is 0 Å². The van der Waals surface area contributed by atoms with Gasteiger partial charge in [0.2, 0.25) is 0 Å². The fourth-order valence-electron chi connectivity index (χ4n) is 2.07. The van der Waals surface area contributed by atoms with Crippen LogP contribution >= 0.6 is 0 Å². The average Bonchev–Trinajstić information content (AvgIpc) is 3.09. The van der Waals surface area contributed by atoms with Gasteiger partial charge in [0.25, 0.3) is 5.91 Å². The fraction of sp³-hybridized carbons (Fsp3) is 0.462. The Balaban J connectivity index is 2.28. The molecule has 1 saturated carbocycles. The van der Waals surface area contributed by atoms with Gasteiger partial charge in [0.15, 0.2) is 0 Å². The monoisotopic (exact) mass is 234 g/mol. The second kappa shape index (κ2) is 4.75. The van der Waals surface area contributed by atoms with Crippen LogP contribution in [0.4, 0.5) is 5.69 Å². The van der Waals surface area contributed by atoms with Crippen LogP contribution in [-0.2, 0) is 0 Å². The molecule has 0 atom stereocenters. The van der Waals surface area contributed by atoms with Crippen molar-refractivity contribution in [3.63, 3.8) is 0 Å². The van der Waals surface area contributed by atoms with Gasteiger partial charge >= 0.3 is 0 Å². The topological polar surface area (TPSA) is 66.6 Å². The van der Waals surface area contributed by atoms with E-state index >= 15 is 0 Å². The van der Waals surface area contributed by atoms with Crippen LogP contribution in [0, 0.1) is 6.92 Å². The molecule has 0 bridgehead atoms. The standard InChI is InChI=1S/C13H18N2O2/c1-9-3-2-4-11(14)12(9)13(17)15(7-8-16)10-5-6-10/h2-4,10,16H,5-8,14H2,1H3. The SMILES string of the molecule is Cc1cccc(N)c1C(=O)N(CCO)C1CC1. The highest BCUT2D eigenvalue weighted by molar-refractivity contribution is 6.00. The molecule has 2 rings (SSSR count). The van der Waals surface area contributed by atoms with E-state index in [4.69, 9.17) is 10.8 Å². The molecule has 92 valence electrons. The second-order valence-corrected chi connectivity index (χ2v) is 4.49. The van der Waals surface area contributed by atoms with E-state index in [1.165, 1.54) is 0 Å². The van der Waals surface area contributed by atoms with E-state index in [1.54, 1.807) is 11.0 Å². The Morgan fingerprint density at radius 1 is 1.53 bits per heavy atom. The molecule has 1 fully saturated rings. The van der Waals surface area contributed by atoms with Gasteiger partial charge in [0.05, 0.1) is 12.2 Å². The van der Waals surface area contributed by atoms with Crippen LogP contribution in [0.25, 0.3) is 0 Å². The summed E-state index contributed by atoms with van der Waals surface area (Å²) in [6, 6.07) is 5.75. The maximum Gasteiger partial charge on any atom is 0.256 e. The molecule has 1 amide bonds. The number of hydrogen-bond donors (Lipinski definition) is 2. The van der Waals surface area contributed by atoms with Crippen LogP contribution in [0.15, 0.2) is 18.2 Å². The highest BCUT2D eigenvalue weighted by atomic mass is 16.3.